The molecule has 0 bridgehead atoms. The lowest BCUT2D eigenvalue weighted by Crippen LogP contribution is -2.13. The van der Waals surface area contributed by atoms with Gasteiger partial charge in [-0.15, -0.1) is 5.10 Å². The molecule has 1 N–H and O–H groups in total. The fraction of sp³-hybridized carbons (Fsp3) is 0. The summed E-state index contributed by atoms with van der Waals surface area (Å²) < 4.78 is 5.30. The number of benzene rings is 2. The van der Waals surface area contributed by atoms with E-state index >= 15 is 0 Å². The van der Waals surface area contributed by atoms with E-state index in [1.165, 1.54) is 0 Å². The molecule has 1 heterocycles. The highest BCUT2D eigenvalue weighted by Crippen LogP contribution is 2.24. The van der Waals surface area contributed by atoms with Gasteiger partial charge in [-0.05, 0) is 12.1 Å². The number of nitrogens with zero attached hydrogens (tertiary/aromatic N) is 4. The van der Waals surface area contributed by atoms with E-state index in [9.17, 15) is 25.0 Å². The molecule has 0 radical (unpaired) electrons. The Morgan fingerprint density at radius 2 is 1.58 bits per heavy atom. The topological polar surface area (TPSA) is 154 Å². The second-order valence-electron chi connectivity index (χ2n) is 4.98. The first-order chi connectivity index (χ1) is 12.4. The summed E-state index contributed by atoms with van der Waals surface area (Å²) in [5.74, 6) is -0.703. The normalized spacial score (nSPS) is 10.3. The van der Waals surface area contributed by atoms with Gasteiger partial charge in [0.2, 0.25) is 5.89 Å². The minimum absolute atomic E-state index is 0.158. The van der Waals surface area contributed by atoms with E-state index in [1.54, 1.807) is 30.3 Å². The fourth-order valence-electron chi connectivity index (χ4n) is 2.08. The summed E-state index contributed by atoms with van der Waals surface area (Å²) in [6.45, 7) is 0. The van der Waals surface area contributed by atoms with Crippen LogP contribution < -0.4 is 5.32 Å². The number of rotatable bonds is 5. The van der Waals surface area contributed by atoms with E-state index in [0.717, 1.165) is 18.2 Å². The second kappa shape index (κ2) is 6.76. The highest BCUT2D eigenvalue weighted by Gasteiger charge is 2.21. The molecule has 130 valence electrons. The molecule has 0 aliphatic rings. The van der Waals surface area contributed by atoms with Crippen LogP contribution in [0, 0.1) is 20.2 Å². The van der Waals surface area contributed by atoms with Crippen molar-refractivity contribution in [3.8, 4) is 11.5 Å². The predicted octanol–water partition coefficient (Wildman–Crippen LogP) is 2.81. The van der Waals surface area contributed by atoms with Crippen LogP contribution >= 0.6 is 0 Å². The van der Waals surface area contributed by atoms with E-state index in [0.29, 0.717) is 5.56 Å². The van der Waals surface area contributed by atoms with Gasteiger partial charge in [-0.2, -0.15) is 0 Å². The Bertz CT molecular complexity index is 969. The SMILES string of the molecule is O=C(Nc1nnc(-c2ccccc2)o1)c1cc([N+](=O)[O-])cc([N+](=O)[O-])c1. The molecule has 0 saturated carbocycles. The first-order valence-corrected chi connectivity index (χ1v) is 7.08. The zero-order valence-corrected chi connectivity index (χ0v) is 12.9. The Morgan fingerprint density at radius 3 is 2.15 bits per heavy atom. The zero-order chi connectivity index (χ0) is 18.7. The van der Waals surface area contributed by atoms with Crippen LogP contribution in [0.3, 0.4) is 0 Å². The molecule has 1 amide bonds. The van der Waals surface area contributed by atoms with Gasteiger partial charge in [-0.3, -0.25) is 30.3 Å². The summed E-state index contributed by atoms with van der Waals surface area (Å²) in [7, 11) is 0. The molecule has 26 heavy (non-hydrogen) atoms. The lowest BCUT2D eigenvalue weighted by Gasteiger charge is -2.01. The van der Waals surface area contributed by atoms with Gasteiger partial charge >= 0.3 is 6.01 Å². The van der Waals surface area contributed by atoms with Crippen molar-refractivity contribution in [2.75, 3.05) is 5.32 Å². The summed E-state index contributed by atoms with van der Waals surface area (Å²) in [4.78, 5) is 32.3. The minimum atomic E-state index is -0.861. The van der Waals surface area contributed by atoms with Crippen molar-refractivity contribution in [1.82, 2.24) is 10.2 Å². The highest BCUT2D eigenvalue weighted by atomic mass is 16.6. The van der Waals surface area contributed by atoms with Gasteiger partial charge in [-0.25, -0.2) is 0 Å². The van der Waals surface area contributed by atoms with Crippen molar-refractivity contribution in [2.24, 2.45) is 0 Å². The monoisotopic (exact) mass is 355 g/mol. The quantitative estimate of drug-likeness (QED) is 0.541. The maximum Gasteiger partial charge on any atom is 0.322 e. The molecule has 2 aromatic carbocycles. The predicted molar refractivity (Wildman–Crippen MR) is 87.4 cm³/mol. The van der Waals surface area contributed by atoms with Gasteiger partial charge < -0.3 is 4.42 Å². The fourth-order valence-corrected chi connectivity index (χ4v) is 2.08. The maximum atomic E-state index is 12.2. The van der Waals surface area contributed by atoms with Gasteiger partial charge in [0.05, 0.1) is 21.5 Å². The molecular formula is C15H9N5O6. The largest absolute Gasteiger partial charge is 0.403 e. The number of nitrogens with one attached hydrogen (secondary N) is 1. The molecule has 11 heteroatoms. The summed E-state index contributed by atoms with van der Waals surface area (Å²) in [5, 5.41) is 31.4. The molecular weight excluding hydrogens is 346 g/mol. The molecule has 0 fully saturated rings. The summed E-state index contributed by atoms with van der Waals surface area (Å²) in [6, 6.07) is 11.1. The van der Waals surface area contributed by atoms with Crippen LogP contribution in [0.5, 0.6) is 0 Å². The van der Waals surface area contributed by atoms with E-state index in [4.69, 9.17) is 4.42 Å². The maximum absolute atomic E-state index is 12.2. The van der Waals surface area contributed by atoms with Crippen molar-refractivity contribution < 1.29 is 19.1 Å². The van der Waals surface area contributed by atoms with Crippen LogP contribution in [0.25, 0.3) is 11.5 Å². The van der Waals surface area contributed by atoms with Gasteiger partial charge in [-0.1, -0.05) is 23.3 Å². The lowest BCUT2D eigenvalue weighted by atomic mass is 10.1. The van der Waals surface area contributed by atoms with E-state index in [2.05, 4.69) is 15.5 Å². The molecule has 0 saturated heterocycles. The van der Waals surface area contributed by atoms with Crippen molar-refractivity contribution in [1.29, 1.82) is 0 Å². The van der Waals surface area contributed by atoms with Crippen molar-refractivity contribution >= 4 is 23.3 Å². The summed E-state index contributed by atoms with van der Waals surface area (Å²) in [5.41, 5.74) is -0.823. The number of nitro groups is 2. The van der Waals surface area contributed by atoms with Gasteiger partial charge in [0.1, 0.15) is 0 Å². The van der Waals surface area contributed by atoms with Crippen LogP contribution in [0.15, 0.2) is 52.9 Å². The smallest absolute Gasteiger partial charge is 0.322 e. The summed E-state index contributed by atoms with van der Waals surface area (Å²) in [6.07, 6.45) is 0. The third kappa shape index (κ3) is 3.51. The number of non-ortho nitro benzene ring substituents is 2. The van der Waals surface area contributed by atoms with Crippen LogP contribution in [0.2, 0.25) is 0 Å². The number of carbonyl (C=O) groups excluding carboxylic acids is 1. The number of hydrogen-bond donors (Lipinski definition) is 1. The average Bonchev–Trinajstić information content (AvgIpc) is 3.10. The van der Waals surface area contributed by atoms with Gasteiger partial charge in [0.25, 0.3) is 17.3 Å². The third-order valence-corrected chi connectivity index (χ3v) is 3.25. The molecule has 0 aliphatic carbocycles. The van der Waals surface area contributed by atoms with Crippen LogP contribution in [-0.4, -0.2) is 26.0 Å². The Labute approximate surface area is 144 Å². The molecule has 0 unspecified atom stereocenters. The molecule has 3 rings (SSSR count). The van der Waals surface area contributed by atoms with Crippen LogP contribution in [0.4, 0.5) is 17.4 Å². The van der Waals surface area contributed by atoms with Gasteiger partial charge in [0, 0.05) is 17.7 Å². The molecule has 0 aliphatic heterocycles. The number of nitro benzene ring substituents is 2. The average molecular weight is 355 g/mol. The van der Waals surface area contributed by atoms with Crippen molar-refractivity contribution in [3.63, 3.8) is 0 Å². The van der Waals surface area contributed by atoms with E-state index in [-0.39, 0.29) is 17.5 Å². The van der Waals surface area contributed by atoms with Crippen LogP contribution in [-0.2, 0) is 0 Å². The van der Waals surface area contributed by atoms with Gasteiger partial charge in [0.15, 0.2) is 0 Å². The second-order valence-corrected chi connectivity index (χ2v) is 4.98. The molecule has 11 nitrogen and oxygen atoms in total. The van der Waals surface area contributed by atoms with E-state index < -0.39 is 27.1 Å². The van der Waals surface area contributed by atoms with Crippen LogP contribution in [0.1, 0.15) is 10.4 Å². The van der Waals surface area contributed by atoms with Crippen molar-refractivity contribution in [3.05, 3.63) is 74.3 Å². The molecule has 0 spiro atoms. The van der Waals surface area contributed by atoms with Crippen molar-refractivity contribution in [2.45, 2.75) is 0 Å². The number of aromatic nitrogens is 2. The Balaban J connectivity index is 1.85. The lowest BCUT2D eigenvalue weighted by molar-refractivity contribution is -0.394. The number of anilines is 1. The standard InChI is InChI=1S/C15H9N5O6/c21-13(10-6-11(19(22)23)8-12(7-10)20(24)25)16-15-18-17-14(26-15)9-4-2-1-3-5-9/h1-8H,(H,16,18,21). The zero-order valence-electron chi connectivity index (χ0n) is 12.9. The van der Waals surface area contributed by atoms with E-state index in [1.807, 2.05) is 0 Å². The molecule has 1 aromatic heterocycles. The Kier molecular flexibility index (Phi) is 4.34. The molecule has 0 atom stereocenters. The number of carbonyl (C=O) groups is 1. The third-order valence-electron chi connectivity index (χ3n) is 3.25. The highest BCUT2D eigenvalue weighted by molar-refractivity contribution is 6.04. The first-order valence-electron chi connectivity index (χ1n) is 7.08. The Hall–Kier alpha value is -4.15. The number of hydrogen-bond acceptors (Lipinski definition) is 8. The first kappa shape index (κ1) is 16.7. The number of amides is 1. The summed E-state index contributed by atoms with van der Waals surface area (Å²) >= 11 is 0. The molecule has 3 aromatic rings. The Morgan fingerprint density at radius 1 is 0.962 bits per heavy atom. The minimum Gasteiger partial charge on any atom is -0.403 e.